The van der Waals surface area contributed by atoms with Crippen LogP contribution in [0, 0.1) is 6.92 Å². The van der Waals surface area contributed by atoms with E-state index in [9.17, 15) is 4.79 Å². The number of aryl methyl sites for hydroxylation is 1. The van der Waals surface area contributed by atoms with Crippen LogP contribution in [0.25, 0.3) is 0 Å². The number of hydrogen-bond donors (Lipinski definition) is 0. The summed E-state index contributed by atoms with van der Waals surface area (Å²) in [6, 6.07) is 11.6. The first kappa shape index (κ1) is 12.3. The lowest BCUT2D eigenvalue weighted by Gasteiger charge is -2.08. The van der Waals surface area contributed by atoms with Crippen LogP contribution < -0.4 is 0 Å². The van der Waals surface area contributed by atoms with Gasteiger partial charge in [-0.15, -0.1) is 0 Å². The van der Waals surface area contributed by atoms with Crippen LogP contribution in [-0.4, -0.2) is 18.1 Å². The predicted octanol–water partition coefficient (Wildman–Crippen LogP) is 2.77. The molecular weight excluding hydrogens is 226 g/mol. The Hall–Kier alpha value is -2.16. The number of esters is 1. The van der Waals surface area contributed by atoms with Crippen molar-refractivity contribution >= 4 is 5.97 Å². The molecule has 0 saturated carbocycles. The van der Waals surface area contributed by atoms with Gasteiger partial charge in [0.15, 0.2) is 0 Å². The third kappa shape index (κ3) is 2.56. The molecule has 0 spiro atoms. The predicted molar refractivity (Wildman–Crippen MR) is 69.6 cm³/mol. The largest absolute Gasteiger partial charge is 0.465 e. The molecular formula is C15H15NO2. The molecule has 3 nitrogen and oxygen atoms in total. The summed E-state index contributed by atoms with van der Waals surface area (Å²) in [6.07, 6.45) is 2.33. The molecule has 0 bridgehead atoms. The third-order valence-electron chi connectivity index (χ3n) is 2.91. The highest BCUT2D eigenvalue weighted by molar-refractivity contribution is 5.90. The lowest BCUT2D eigenvalue weighted by Crippen LogP contribution is -2.08. The van der Waals surface area contributed by atoms with Gasteiger partial charge < -0.3 is 4.74 Å². The Morgan fingerprint density at radius 1 is 1.22 bits per heavy atom. The fraction of sp³-hybridized carbons (Fsp3) is 0.200. The number of benzene rings is 1. The van der Waals surface area contributed by atoms with Gasteiger partial charge >= 0.3 is 5.97 Å². The van der Waals surface area contributed by atoms with Gasteiger partial charge in [-0.3, -0.25) is 4.98 Å². The quantitative estimate of drug-likeness (QED) is 0.776. The number of nitrogens with zero attached hydrogens (tertiary/aromatic N) is 1. The second kappa shape index (κ2) is 5.45. The van der Waals surface area contributed by atoms with Gasteiger partial charge in [0, 0.05) is 12.6 Å². The SMILES string of the molecule is COC(=O)c1cccnc1Cc1ccccc1C. The lowest BCUT2D eigenvalue weighted by molar-refractivity contribution is 0.0599. The number of carbonyl (C=O) groups excluding carboxylic acids is 1. The van der Waals surface area contributed by atoms with Crippen LogP contribution >= 0.6 is 0 Å². The van der Waals surface area contributed by atoms with Gasteiger partial charge in [0.05, 0.1) is 18.4 Å². The monoisotopic (exact) mass is 241 g/mol. The molecule has 92 valence electrons. The standard InChI is InChI=1S/C15H15NO2/c1-11-6-3-4-7-12(11)10-14-13(15(17)18-2)8-5-9-16-14/h3-9H,10H2,1-2H3. The van der Waals surface area contributed by atoms with E-state index < -0.39 is 0 Å². The van der Waals surface area contributed by atoms with E-state index in [0.29, 0.717) is 12.0 Å². The van der Waals surface area contributed by atoms with E-state index >= 15 is 0 Å². The second-order valence-corrected chi connectivity index (χ2v) is 4.09. The van der Waals surface area contributed by atoms with Crippen LogP contribution in [0.4, 0.5) is 0 Å². The highest BCUT2D eigenvalue weighted by Crippen LogP contribution is 2.15. The van der Waals surface area contributed by atoms with Crippen molar-refractivity contribution in [2.45, 2.75) is 13.3 Å². The summed E-state index contributed by atoms with van der Waals surface area (Å²) in [5, 5.41) is 0. The van der Waals surface area contributed by atoms with Gasteiger partial charge in [0.25, 0.3) is 0 Å². The van der Waals surface area contributed by atoms with Gasteiger partial charge in [0.2, 0.25) is 0 Å². The van der Waals surface area contributed by atoms with Crippen molar-refractivity contribution in [3.63, 3.8) is 0 Å². The minimum Gasteiger partial charge on any atom is -0.465 e. The lowest BCUT2D eigenvalue weighted by atomic mass is 10.0. The van der Waals surface area contributed by atoms with Gasteiger partial charge in [-0.2, -0.15) is 0 Å². The highest BCUT2D eigenvalue weighted by Gasteiger charge is 2.13. The molecule has 1 heterocycles. The molecule has 18 heavy (non-hydrogen) atoms. The number of pyridine rings is 1. The molecule has 0 unspecified atom stereocenters. The Morgan fingerprint density at radius 2 is 2.00 bits per heavy atom. The van der Waals surface area contributed by atoms with Crippen LogP contribution in [0.3, 0.4) is 0 Å². The molecule has 0 fully saturated rings. The molecule has 0 saturated heterocycles. The fourth-order valence-electron chi connectivity index (χ4n) is 1.86. The molecule has 0 N–H and O–H groups in total. The minimum atomic E-state index is -0.341. The minimum absolute atomic E-state index is 0.341. The smallest absolute Gasteiger partial charge is 0.339 e. The zero-order chi connectivity index (χ0) is 13.0. The molecule has 1 aromatic carbocycles. The first-order valence-corrected chi connectivity index (χ1v) is 5.79. The molecule has 0 atom stereocenters. The highest BCUT2D eigenvalue weighted by atomic mass is 16.5. The summed E-state index contributed by atoms with van der Waals surface area (Å²) in [4.78, 5) is 15.9. The van der Waals surface area contributed by atoms with Crippen molar-refractivity contribution in [1.29, 1.82) is 0 Å². The maximum Gasteiger partial charge on any atom is 0.339 e. The number of rotatable bonds is 3. The number of ether oxygens (including phenoxy) is 1. The third-order valence-corrected chi connectivity index (χ3v) is 2.91. The van der Waals surface area contributed by atoms with Crippen LogP contribution in [-0.2, 0) is 11.2 Å². The van der Waals surface area contributed by atoms with Gasteiger partial charge in [-0.25, -0.2) is 4.79 Å². The summed E-state index contributed by atoms with van der Waals surface area (Å²) in [5.74, 6) is -0.341. The first-order valence-electron chi connectivity index (χ1n) is 5.79. The average molecular weight is 241 g/mol. The number of methoxy groups -OCH3 is 1. The van der Waals surface area contributed by atoms with E-state index in [1.165, 1.54) is 18.2 Å². The summed E-state index contributed by atoms with van der Waals surface area (Å²) in [6.45, 7) is 2.05. The molecule has 1 aromatic heterocycles. The Bertz CT molecular complexity index is 564. The summed E-state index contributed by atoms with van der Waals surface area (Å²) >= 11 is 0. The molecule has 2 aromatic rings. The summed E-state index contributed by atoms with van der Waals surface area (Å²) < 4.78 is 4.77. The van der Waals surface area contributed by atoms with Crippen LogP contribution in [0.15, 0.2) is 42.6 Å². The summed E-state index contributed by atoms with van der Waals surface area (Å²) in [7, 11) is 1.38. The Morgan fingerprint density at radius 3 is 2.72 bits per heavy atom. The number of carbonyl (C=O) groups is 1. The summed E-state index contributed by atoms with van der Waals surface area (Å²) in [5.41, 5.74) is 3.64. The molecule has 0 amide bonds. The van der Waals surface area contributed by atoms with Gasteiger partial charge in [-0.05, 0) is 30.2 Å². The van der Waals surface area contributed by atoms with E-state index in [1.807, 2.05) is 18.2 Å². The maximum atomic E-state index is 11.6. The molecule has 3 heteroatoms. The van der Waals surface area contributed by atoms with Crippen molar-refractivity contribution in [3.05, 3.63) is 65.0 Å². The van der Waals surface area contributed by atoms with Crippen LogP contribution in [0.5, 0.6) is 0 Å². The molecule has 2 rings (SSSR count). The van der Waals surface area contributed by atoms with E-state index in [0.717, 1.165) is 5.69 Å². The van der Waals surface area contributed by atoms with Crippen LogP contribution in [0.2, 0.25) is 0 Å². The second-order valence-electron chi connectivity index (χ2n) is 4.09. The fourth-order valence-corrected chi connectivity index (χ4v) is 1.86. The van der Waals surface area contributed by atoms with Crippen molar-refractivity contribution in [2.24, 2.45) is 0 Å². The van der Waals surface area contributed by atoms with Gasteiger partial charge in [0.1, 0.15) is 0 Å². The number of hydrogen-bond acceptors (Lipinski definition) is 3. The van der Waals surface area contributed by atoms with E-state index in [4.69, 9.17) is 4.74 Å². The maximum absolute atomic E-state index is 11.6. The average Bonchev–Trinajstić information content (AvgIpc) is 2.41. The Labute approximate surface area is 106 Å². The van der Waals surface area contributed by atoms with Crippen molar-refractivity contribution in [2.75, 3.05) is 7.11 Å². The van der Waals surface area contributed by atoms with Crippen molar-refractivity contribution in [1.82, 2.24) is 4.98 Å². The molecule has 0 aliphatic carbocycles. The normalized spacial score (nSPS) is 10.1. The topological polar surface area (TPSA) is 39.2 Å². The Balaban J connectivity index is 2.35. The molecule has 0 aliphatic heterocycles. The van der Waals surface area contributed by atoms with E-state index in [-0.39, 0.29) is 5.97 Å². The zero-order valence-electron chi connectivity index (χ0n) is 10.5. The van der Waals surface area contributed by atoms with Crippen LogP contribution in [0.1, 0.15) is 27.2 Å². The van der Waals surface area contributed by atoms with Crippen molar-refractivity contribution in [3.8, 4) is 0 Å². The molecule has 0 aliphatic rings. The Kier molecular flexibility index (Phi) is 3.72. The van der Waals surface area contributed by atoms with Crippen molar-refractivity contribution < 1.29 is 9.53 Å². The van der Waals surface area contributed by atoms with E-state index in [1.54, 1.807) is 18.3 Å². The van der Waals surface area contributed by atoms with Gasteiger partial charge in [-0.1, -0.05) is 24.3 Å². The first-order chi connectivity index (χ1) is 8.72. The molecule has 0 radical (unpaired) electrons. The zero-order valence-corrected chi connectivity index (χ0v) is 10.5. The number of aromatic nitrogens is 1. The van der Waals surface area contributed by atoms with E-state index in [2.05, 4.69) is 18.0 Å².